The zero-order chi connectivity index (χ0) is 11.4. The highest BCUT2D eigenvalue weighted by Gasteiger charge is 2.19. The van der Waals surface area contributed by atoms with Gasteiger partial charge in [-0.25, -0.2) is 0 Å². The first kappa shape index (κ1) is 13.2. The normalized spacial score (nSPS) is 15.3. The Balaban J connectivity index is 2.82. The Bertz CT molecular complexity index is 289. The monoisotopic (exact) mass is 289 g/mol. The van der Waals surface area contributed by atoms with Gasteiger partial charge in [0.25, 0.3) is 0 Å². The first-order valence-corrected chi connectivity index (χ1v) is 7.14. The van der Waals surface area contributed by atoms with E-state index in [1.54, 1.807) is 0 Å². The van der Waals surface area contributed by atoms with Crippen molar-refractivity contribution in [2.75, 3.05) is 7.05 Å². The van der Waals surface area contributed by atoms with Gasteiger partial charge in [0.2, 0.25) is 0 Å². The molecule has 0 aliphatic heterocycles. The van der Waals surface area contributed by atoms with Gasteiger partial charge in [0, 0.05) is 10.9 Å². The summed E-state index contributed by atoms with van der Waals surface area (Å²) in [5.41, 5.74) is 1.35. The zero-order valence-corrected chi connectivity index (χ0v) is 12.3. The average Bonchev–Trinajstić information content (AvgIpc) is 2.48. The largest absolute Gasteiger partial charge is 0.312 e. The second kappa shape index (κ2) is 6.02. The van der Waals surface area contributed by atoms with Crippen LogP contribution in [0.15, 0.2) is 9.85 Å². The van der Waals surface area contributed by atoms with Gasteiger partial charge in [0.1, 0.15) is 0 Å². The van der Waals surface area contributed by atoms with E-state index in [-0.39, 0.29) is 0 Å². The standard InChI is InChI=1S/C12H20BrNS/c1-5-6-8(2)11(14-4)10-7-9(3)12(13)15-10/h7-8,11,14H,5-6H2,1-4H3. The summed E-state index contributed by atoms with van der Waals surface area (Å²) < 4.78 is 1.27. The lowest BCUT2D eigenvalue weighted by molar-refractivity contribution is 0.389. The van der Waals surface area contributed by atoms with Gasteiger partial charge in [-0.15, -0.1) is 11.3 Å². The van der Waals surface area contributed by atoms with E-state index in [2.05, 4.69) is 55.1 Å². The Hall–Kier alpha value is 0.140. The number of hydrogen-bond donors (Lipinski definition) is 1. The molecule has 0 aromatic carbocycles. The minimum Gasteiger partial charge on any atom is -0.312 e. The van der Waals surface area contributed by atoms with E-state index in [1.807, 2.05) is 11.3 Å². The summed E-state index contributed by atoms with van der Waals surface area (Å²) in [4.78, 5) is 1.45. The highest BCUT2D eigenvalue weighted by molar-refractivity contribution is 9.11. The molecule has 1 aromatic heterocycles. The van der Waals surface area contributed by atoms with Crippen LogP contribution in [0, 0.1) is 12.8 Å². The molecule has 2 unspecified atom stereocenters. The molecule has 0 saturated heterocycles. The van der Waals surface area contributed by atoms with Crippen molar-refractivity contribution in [2.24, 2.45) is 5.92 Å². The van der Waals surface area contributed by atoms with Gasteiger partial charge in [-0.3, -0.25) is 0 Å². The van der Waals surface area contributed by atoms with Gasteiger partial charge in [0.05, 0.1) is 3.79 Å². The highest BCUT2D eigenvalue weighted by Crippen LogP contribution is 2.35. The molecule has 1 heterocycles. The van der Waals surface area contributed by atoms with E-state index in [4.69, 9.17) is 0 Å². The lowest BCUT2D eigenvalue weighted by Crippen LogP contribution is -2.22. The number of thiophene rings is 1. The quantitative estimate of drug-likeness (QED) is 0.841. The van der Waals surface area contributed by atoms with Crippen molar-refractivity contribution in [1.82, 2.24) is 5.32 Å². The predicted octanol–water partition coefficient (Wildman–Crippen LogP) is 4.52. The minimum atomic E-state index is 0.500. The molecular weight excluding hydrogens is 270 g/mol. The molecule has 2 atom stereocenters. The Kier molecular flexibility index (Phi) is 5.30. The smallest absolute Gasteiger partial charge is 0.0731 e. The van der Waals surface area contributed by atoms with Crippen LogP contribution >= 0.6 is 27.3 Å². The summed E-state index contributed by atoms with van der Waals surface area (Å²) >= 11 is 5.45. The molecule has 0 radical (unpaired) electrons. The Morgan fingerprint density at radius 3 is 2.60 bits per heavy atom. The fourth-order valence-corrected chi connectivity index (χ4v) is 3.78. The SMILES string of the molecule is CCCC(C)C(NC)c1cc(C)c(Br)s1. The van der Waals surface area contributed by atoms with Gasteiger partial charge in [-0.05, 0) is 53.9 Å². The van der Waals surface area contributed by atoms with Crippen molar-refractivity contribution in [3.05, 3.63) is 20.3 Å². The summed E-state index contributed by atoms with van der Waals surface area (Å²) in [6.07, 6.45) is 2.53. The van der Waals surface area contributed by atoms with E-state index < -0.39 is 0 Å². The van der Waals surface area contributed by atoms with E-state index in [9.17, 15) is 0 Å². The summed E-state index contributed by atoms with van der Waals surface area (Å²) in [5.74, 6) is 0.699. The van der Waals surface area contributed by atoms with Gasteiger partial charge in [0.15, 0.2) is 0 Å². The third-order valence-corrected chi connectivity index (χ3v) is 5.03. The molecule has 15 heavy (non-hydrogen) atoms. The molecule has 3 heteroatoms. The van der Waals surface area contributed by atoms with Crippen molar-refractivity contribution < 1.29 is 0 Å². The van der Waals surface area contributed by atoms with E-state index >= 15 is 0 Å². The van der Waals surface area contributed by atoms with Crippen LogP contribution in [0.1, 0.15) is 43.2 Å². The topological polar surface area (TPSA) is 12.0 Å². The molecule has 0 spiro atoms. The van der Waals surface area contributed by atoms with Crippen molar-refractivity contribution in [3.63, 3.8) is 0 Å². The number of aryl methyl sites for hydroxylation is 1. The van der Waals surface area contributed by atoms with Crippen molar-refractivity contribution in [2.45, 2.75) is 39.7 Å². The van der Waals surface area contributed by atoms with Gasteiger partial charge in [-0.2, -0.15) is 0 Å². The first-order chi connectivity index (χ1) is 7.10. The molecule has 86 valence electrons. The summed E-state index contributed by atoms with van der Waals surface area (Å²) in [5, 5.41) is 3.43. The minimum absolute atomic E-state index is 0.500. The van der Waals surface area contributed by atoms with Crippen LogP contribution in [0.4, 0.5) is 0 Å². The second-order valence-electron chi connectivity index (χ2n) is 4.14. The van der Waals surface area contributed by atoms with E-state index in [0.29, 0.717) is 12.0 Å². The van der Waals surface area contributed by atoms with Gasteiger partial charge in [-0.1, -0.05) is 20.3 Å². The maximum Gasteiger partial charge on any atom is 0.0731 e. The Labute approximate surface area is 105 Å². The molecule has 1 aromatic rings. The maximum atomic E-state index is 3.59. The lowest BCUT2D eigenvalue weighted by atomic mass is 9.95. The van der Waals surface area contributed by atoms with Gasteiger partial charge < -0.3 is 5.32 Å². The molecule has 0 amide bonds. The van der Waals surface area contributed by atoms with Crippen LogP contribution in [0.3, 0.4) is 0 Å². The van der Waals surface area contributed by atoms with Crippen LogP contribution in [-0.2, 0) is 0 Å². The lowest BCUT2D eigenvalue weighted by Gasteiger charge is -2.21. The average molecular weight is 290 g/mol. The number of nitrogens with one attached hydrogen (secondary N) is 1. The zero-order valence-electron chi connectivity index (χ0n) is 9.93. The predicted molar refractivity (Wildman–Crippen MR) is 72.6 cm³/mol. The molecule has 0 aliphatic rings. The maximum absolute atomic E-state index is 3.59. The Morgan fingerprint density at radius 1 is 1.53 bits per heavy atom. The molecule has 0 aliphatic carbocycles. The fraction of sp³-hybridized carbons (Fsp3) is 0.667. The Morgan fingerprint density at radius 2 is 2.20 bits per heavy atom. The number of hydrogen-bond acceptors (Lipinski definition) is 2. The fourth-order valence-electron chi connectivity index (χ4n) is 1.97. The van der Waals surface area contributed by atoms with Crippen molar-refractivity contribution in [3.8, 4) is 0 Å². The second-order valence-corrected chi connectivity index (χ2v) is 6.54. The molecule has 1 rings (SSSR count). The number of rotatable bonds is 5. The molecular formula is C12H20BrNS. The summed E-state index contributed by atoms with van der Waals surface area (Å²) in [7, 11) is 2.06. The van der Waals surface area contributed by atoms with Crippen LogP contribution in [0.5, 0.6) is 0 Å². The first-order valence-electron chi connectivity index (χ1n) is 5.53. The van der Waals surface area contributed by atoms with Crippen LogP contribution in [-0.4, -0.2) is 7.05 Å². The van der Waals surface area contributed by atoms with Crippen molar-refractivity contribution >= 4 is 27.3 Å². The third-order valence-electron chi connectivity index (χ3n) is 2.81. The third kappa shape index (κ3) is 3.30. The molecule has 1 nitrogen and oxygen atoms in total. The summed E-state index contributed by atoms with van der Waals surface area (Å²) in [6.45, 7) is 6.73. The van der Waals surface area contributed by atoms with E-state index in [1.165, 1.54) is 27.1 Å². The van der Waals surface area contributed by atoms with Crippen molar-refractivity contribution in [1.29, 1.82) is 0 Å². The van der Waals surface area contributed by atoms with Crippen LogP contribution in [0.2, 0.25) is 0 Å². The highest BCUT2D eigenvalue weighted by atomic mass is 79.9. The van der Waals surface area contributed by atoms with Crippen LogP contribution in [0.25, 0.3) is 0 Å². The number of halogens is 1. The molecule has 0 saturated carbocycles. The summed E-state index contributed by atoms with van der Waals surface area (Å²) in [6, 6.07) is 2.79. The molecule has 0 fully saturated rings. The van der Waals surface area contributed by atoms with Gasteiger partial charge >= 0.3 is 0 Å². The van der Waals surface area contributed by atoms with Crippen LogP contribution < -0.4 is 5.32 Å². The molecule has 1 N–H and O–H groups in total. The van der Waals surface area contributed by atoms with E-state index in [0.717, 1.165) is 0 Å². The molecule has 0 bridgehead atoms.